The van der Waals surface area contributed by atoms with Crippen molar-refractivity contribution in [1.29, 1.82) is 0 Å². The van der Waals surface area contributed by atoms with Crippen LogP contribution in [0.5, 0.6) is 0 Å². The molecule has 4 aliphatic rings. The first kappa shape index (κ1) is 52.8. The van der Waals surface area contributed by atoms with Gasteiger partial charge in [-0.05, 0) is 140 Å². The van der Waals surface area contributed by atoms with E-state index in [1.807, 2.05) is 11.8 Å². The van der Waals surface area contributed by atoms with Crippen molar-refractivity contribution >= 4 is 126 Å². The summed E-state index contributed by atoms with van der Waals surface area (Å²) in [7, 11) is 0. The van der Waals surface area contributed by atoms with E-state index in [1.165, 1.54) is 64.9 Å². The molecular formula is C84H56B2N4S. The molecule has 0 spiro atoms. The Hall–Kier alpha value is -11.2. The summed E-state index contributed by atoms with van der Waals surface area (Å²) in [5, 5.41) is 0. The van der Waals surface area contributed by atoms with Gasteiger partial charge in [0.1, 0.15) is 0 Å². The third-order valence-electron chi connectivity index (χ3n) is 18.8. The predicted octanol–water partition coefficient (Wildman–Crippen LogP) is 18.7. The molecule has 4 nitrogen and oxygen atoms in total. The molecule has 0 aliphatic carbocycles. The molecule has 0 saturated heterocycles. The van der Waals surface area contributed by atoms with Crippen LogP contribution in [0.25, 0.3) is 44.5 Å². The average Bonchev–Trinajstić information content (AvgIpc) is 0.695. The standard InChI is InChI=1S/C84H56B2N4S/c1-7-29-57(30-8-1)61-51-78-84-82(52-61)91-81-50-28-23-45-69(81)86(84)71-55-70-76(56-77(71)89(78)73-47-25-20-42-66(73)59-33-11-3-12-34-59)90(74-48-26-21-43-67(74)60-35-13-4-14-36-60)80-54-64(87(62-37-15-5-16-38-62)63-39-17-6-18-40-63)53-79-83(80)85(70)68-44-22-27-49-75(68)88(79)72-46-24-19-41-65(72)58-31-9-2-10-32-58/h1-56H. The molecule has 0 amide bonds. The van der Waals surface area contributed by atoms with Crippen LogP contribution in [0, 0.1) is 0 Å². The lowest BCUT2D eigenvalue weighted by molar-refractivity contribution is 1.22. The third-order valence-corrected chi connectivity index (χ3v) is 20.0. The van der Waals surface area contributed by atoms with Crippen LogP contribution in [0.4, 0.5) is 68.2 Å². The molecule has 0 radical (unpaired) electrons. The molecule has 14 aromatic rings. The normalized spacial score (nSPS) is 12.9. The molecule has 424 valence electrons. The number of para-hydroxylation sites is 6. The molecule has 4 heterocycles. The molecule has 0 unspecified atom stereocenters. The Morgan fingerprint density at radius 1 is 0.220 bits per heavy atom. The predicted molar refractivity (Wildman–Crippen MR) is 387 cm³/mol. The van der Waals surface area contributed by atoms with Gasteiger partial charge in [0.25, 0.3) is 6.71 Å². The first-order valence-corrected chi connectivity index (χ1v) is 32.2. The van der Waals surface area contributed by atoms with Gasteiger partial charge in [0.15, 0.2) is 0 Å². The molecule has 4 aliphatic heterocycles. The van der Waals surface area contributed by atoms with Gasteiger partial charge in [-0.2, -0.15) is 0 Å². The van der Waals surface area contributed by atoms with E-state index in [0.29, 0.717) is 0 Å². The summed E-state index contributed by atoms with van der Waals surface area (Å²) >= 11 is 1.91. The van der Waals surface area contributed by atoms with Crippen LogP contribution in [0.2, 0.25) is 0 Å². The van der Waals surface area contributed by atoms with Crippen LogP contribution < -0.4 is 52.4 Å². The zero-order chi connectivity index (χ0) is 59.9. The van der Waals surface area contributed by atoms with Crippen LogP contribution >= 0.6 is 11.8 Å². The van der Waals surface area contributed by atoms with Crippen molar-refractivity contribution in [2.45, 2.75) is 9.79 Å². The highest BCUT2D eigenvalue weighted by Gasteiger charge is 2.48. The van der Waals surface area contributed by atoms with E-state index in [2.05, 4.69) is 359 Å². The highest BCUT2D eigenvalue weighted by atomic mass is 32.2. The average molecular weight is 1180 g/mol. The number of hydrogen-bond donors (Lipinski definition) is 0. The van der Waals surface area contributed by atoms with Crippen LogP contribution in [-0.4, -0.2) is 13.4 Å². The Morgan fingerprint density at radius 2 is 0.593 bits per heavy atom. The number of hydrogen-bond acceptors (Lipinski definition) is 5. The molecule has 0 saturated carbocycles. The summed E-state index contributed by atoms with van der Waals surface area (Å²) in [6, 6.07) is 126. The summed E-state index contributed by atoms with van der Waals surface area (Å²) in [5.41, 5.74) is 30.4. The smallest absolute Gasteiger partial charge is 0.252 e. The van der Waals surface area contributed by atoms with E-state index >= 15 is 0 Å². The van der Waals surface area contributed by atoms with Crippen molar-refractivity contribution in [3.8, 4) is 44.5 Å². The number of benzene rings is 14. The van der Waals surface area contributed by atoms with Gasteiger partial charge in [-0.15, -0.1) is 0 Å². The fourth-order valence-corrected chi connectivity index (χ4v) is 16.2. The Labute approximate surface area is 536 Å². The van der Waals surface area contributed by atoms with Gasteiger partial charge in [-0.25, -0.2) is 0 Å². The van der Waals surface area contributed by atoms with E-state index in [0.717, 1.165) is 90.4 Å². The minimum absolute atomic E-state index is 0.0839. The fourth-order valence-electron chi connectivity index (χ4n) is 15.0. The second-order valence-corrected chi connectivity index (χ2v) is 25.0. The monoisotopic (exact) mass is 1170 g/mol. The van der Waals surface area contributed by atoms with E-state index in [9.17, 15) is 0 Å². The lowest BCUT2D eigenvalue weighted by Gasteiger charge is -2.47. The zero-order valence-electron chi connectivity index (χ0n) is 49.7. The molecule has 91 heavy (non-hydrogen) atoms. The maximum atomic E-state index is 2.66. The molecule has 0 aromatic heterocycles. The zero-order valence-corrected chi connectivity index (χ0v) is 50.5. The lowest BCUT2D eigenvalue weighted by Crippen LogP contribution is -2.64. The topological polar surface area (TPSA) is 13.0 Å². The highest BCUT2D eigenvalue weighted by molar-refractivity contribution is 8.00. The van der Waals surface area contributed by atoms with E-state index < -0.39 is 0 Å². The van der Waals surface area contributed by atoms with Crippen molar-refractivity contribution in [3.63, 3.8) is 0 Å². The van der Waals surface area contributed by atoms with Crippen LogP contribution in [0.15, 0.2) is 350 Å². The molecule has 14 aromatic carbocycles. The molecule has 0 N–H and O–H groups in total. The molecule has 18 rings (SSSR count). The Balaban J connectivity index is 1.000. The van der Waals surface area contributed by atoms with Crippen molar-refractivity contribution in [3.05, 3.63) is 340 Å². The van der Waals surface area contributed by atoms with Gasteiger partial charge in [0.05, 0.1) is 22.7 Å². The van der Waals surface area contributed by atoms with Crippen LogP contribution in [-0.2, 0) is 0 Å². The summed E-state index contributed by atoms with van der Waals surface area (Å²) in [4.78, 5) is 12.9. The first-order valence-electron chi connectivity index (χ1n) is 31.4. The fraction of sp³-hybridized carbons (Fsp3) is 0. The quantitative estimate of drug-likeness (QED) is 0.126. The number of rotatable bonds is 10. The van der Waals surface area contributed by atoms with Crippen molar-refractivity contribution < 1.29 is 0 Å². The van der Waals surface area contributed by atoms with E-state index in [-0.39, 0.29) is 13.4 Å². The molecule has 0 bridgehead atoms. The summed E-state index contributed by atoms with van der Waals surface area (Å²) in [5.74, 6) is 0. The number of nitrogens with zero attached hydrogens (tertiary/aromatic N) is 4. The summed E-state index contributed by atoms with van der Waals surface area (Å²) in [6.45, 7) is -0.281. The van der Waals surface area contributed by atoms with Crippen molar-refractivity contribution in [2.75, 3.05) is 19.6 Å². The maximum Gasteiger partial charge on any atom is 0.252 e. The molecule has 0 fully saturated rings. The highest BCUT2D eigenvalue weighted by Crippen LogP contribution is 2.53. The Bertz CT molecular complexity index is 5090. The summed E-state index contributed by atoms with van der Waals surface area (Å²) in [6.07, 6.45) is 0. The van der Waals surface area contributed by atoms with Gasteiger partial charge >= 0.3 is 0 Å². The molecule has 7 heteroatoms. The van der Waals surface area contributed by atoms with Crippen LogP contribution in [0.3, 0.4) is 0 Å². The van der Waals surface area contributed by atoms with Crippen molar-refractivity contribution in [2.24, 2.45) is 0 Å². The van der Waals surface area contributed by atoms with E-state index in [4.69, 9.17) is 0 Å². The number of anilines is 12. The minimum atomic E-state index is -0.197. The van der Waals surface area contributed by atoms with E-state index in [1.54, 1.807) is 0 Å². The third kappa shape index (κ3) is 8.64. The Morgan fingerprint density at radius 3 is 1.09 bits per heavy atom. The second kappa shape index (κ2) is 21.8. The molecule has 0 atom stereocenters. The van der Waals surface area contributed by atoms with Gasteiger partial charge < -0.3 is 19.6 Å². The SMILES string of the molecule is c1ccc(-c2cc3c4c(c2)N(c2ccccc2-c2ccccc2)c2cc5c(cc2B4c2ccccc2S3)B2c3ccccc3N(c3ccccc3-c3ccccc3)c3cc(N(c4ccccc4)c4ccccc4)cc(c32)N5c2ccccc2-c2ccccc2)cc1. The van der Waals surface area contributed by atoms with Crippen LogP contribution in [0.1, 0.15) is 0 Å². The first-order chi connectivity index (χ1) is 45.2. The summed E-state index contributed by atoms with van der Waals surface area (Å²) < 4.78 is 0. The van der Waals surface area contributed by atoms with Gasteiger partial charge in [0, 0.05) is 72.0 Å². The molecular weight excluding hydrogens is 1120 g/mol. The second-order valence-electron chi connectivity index (χ2n) is 23.9. The van der Waals surface area contributed by atoms with Gasteiger partial charge in [0.2, 0.25) is 6.71 Å². The lowest BCUT2D eigenvalue weighted by atomic mass is 9.30. The number of fused-ring (bicyclic) bond motifs is 8. The Kier molecular flexibility index (Phi) is 12.7. The van der Waals surface area contributed by atoms with Crippen molar-refractivity contribution in [1.82, 2.24) is 0 Å². The maximum absolute atomic E-state index is 2.66. The van der Waals surface area contributed by atoms with Gasteiger partial charge in [-0.1, -0.05) is 272 Å². The van der Waals surface area contributed by atoms with Gasteiger partial charge in [-0.3, -0.25) is 0 Å². The largest absolute Gasteiger partial charge is 0.311 e. The minimum Gasteiger partial charge on any atom is -0.311 e.